The van der Waals surface area contributed by atoms with Crippen molar-refractivity contribution in [3.63, 3.8) is 0 Å². The van der Waals surface area contributed by atoms with E-state index in [0.29, 0.717) is 35.5 Å². The summed E-state index contributed by atoms with van der Waals surface area (Å²) >= 11 is 6.04. The van der Waals surface area contributed by atoms with Crippen molar-refractivity contribution in [3.05, 3.63) is 71.5 Å². The van der Waals surface area contributed by atoms with Crippen LogP contribution in [0.15, 0.2) is 60.7 Å². The molecule has 142 valence electrons. The first kappa shape index (κ1) is 18.1. The van der Waals surface area contributed by atoms with Gasteiger partial charge in [0.1, 0.15) is 5.75 Å². The zero-order valence-corrected chi connectivity index (χ0v) is 16.0. The Hall–Kier alpha value is -3.32. The van der Waals surface area contributed by atoms with Gasteiger partial charge in [-0.3, -0.25) is 0 Å². The SMILES string of the molecule is CCOc1cccc(NCc2nnc3ccc(Nc4cccc(Cl)c4)nn23)c1. The van der Waals surface area contributed by atoms with Gasteiger partial charge in [-0.05, 0) is 49.4 Å². The van der Waals surface area contributed by atoms with Crippen molar-refractivity contribution in [2.75, 3.05) is 17.2 Å². The van der Waals surface area contributed by atoms with Crippen LogP contribution >= 0.6 is 11.6 Å². The highest BCUT2D eigenvalue weighted by Crippen LogP contribution is 2.20. The lowest BCUT2D eigenvalue weighted by atomic mass is 10.3. The van der Waals surface area contributed by atoms with Gasteiger partial charge in [0.2, 0.25) is 0 Å². The number of rotatable bonds is 7. The van der Waals surface area contributed by atoms with E-state index in [1.807, 2.05) is 67.6 Å². The van der Waals surface area contributed by atoms with Crippen molar-refractivity contribution >= 4 is 34.4 Å². The fraction of sp³-hybridized carbons (Fsp3) is 0.150. The highest BCUT2D eigenvalue weighted by molar-refractivity contribution is 6.30. The normalized spacial score (nSPS) is 10.8. The smallest absolute Gasteiger partial charge is 0.178 e. The number of halogens is 1. The molecule has 2 aromatic carbocycles. The molecule has 0 amide bonds. The van der Waals surface area contributed by atoms with Crippen LogP contribution in [0.3, 0.4) is 0 Å². The number of ether oxygens (including phenoxy) is 1. The van der Waals surface area contributed by atoms with Crippen LogP contribution in [0.2, 0.25) is 5.02 Å². The molecular formula is C20H19ClN6O. The molecule has 0 unspecified atom stereocenters. The third kappa shape index (κ3) is 4.15. The number of hydrogen-bond donors (Lipinski definition) is 2. The molecule has 0 saturated heterocycles. The highest BCUT2D eigenvalue weighted by Gasteiger charge is 2.08. The topological polar surface area (TPSA) is 76.4 Å². The molecule has 0 radical (unpaired) electrons. The van der Waals surface area contributed by atoms with Gasteiger partial charge in [-0.15, -0.1) is 15.3 Å². The van der Waals surface area contributed by atoms with E-state index in [-0.39, 0.29) is 0 Å². The van der Waals surface area contributed by atoms with Crippen LogP contribution in [0.1, 0.15) is 12.7 Å². The van der Waals surface area contributed by atoms with Crippen LogP contribution in [0.5, 0.6) is 5.75 Å². The highest BCUT2D eigenvalue weighted by atomic mass is 35.5. The van der Waals surface area contributed by atoms with Gasteiger partial charge >= 0.3 is 0 Å². The van der Waals surface area contributed by atoms with Gasteiger partial charge < -0.3 is 15.4 Å². The molecule has 2 heterocycles. The summed E-state index contributed by atoms with van der Waals surface area (Å²) < 4.78 is 7.25. The van der Waals surface area contributed by atoms with E-state index in [0.717, 1.165) is 17.1 Å². The predicted molar refractivity (Wildman–Crippen MR) is 110 cm³/mol. The van der Waals surface area contributed by atoms with E-state index < -0.39 is 0 Å². The van der Waals surface area contributed by atoms with E-state index in [2.05, 4.69) is 25.9 Å². The number of benzene rings is 2. The summed E-state index contributed by atoms with van der Waals surface area (Å²) in [6, 6.07) is 19.0. The molecule has 0 aliphatic rings. The molecule has 2 aromatic heterocycles. The number of fused-ring (bicyclic) bond motifs is 1. The standard InChI is InChI=1S/C20H19ClN6O/c1-2-28-17-8-4-6-15(12-17)22-13-20-25-24-19-10-9-18(26-27(19)20)23-16-7-3-5-14(21)11-16/h3-12,22H,2,13H2,1H3,(H,23,26). The largest absolute Gasteiger partial charge is 0.494 e. The summed E-state index contributed by atoms with van der Waals surface area (Å²) in [6.07, 6.45) is 0. The molecule has 28 heavy (non-hydrogen) atoms. The lowest BCUT2D eigenvalue weighted by Gasteiger charge is -2.09. The Morgan fingerprint density at radius 2 is 1.86 bits per heavy atom. The quantitative estimate of drug-likeness (QED) is 0.479. The van der Waals surface area contributed by atoms with Crippen LogP contribution in [0.25, 0.3) is 5.65 Å². The molecule has 0 aliphatic heterocycles. The van der Waals surface area contributed by atoms with Gasteiger partial charge in [-0.25, -0.2) is 0 Å². The second-order valence-electron chi connectivity index (χ2n) is 6.05. The Morgan fingerprint density at radius 3 is 2.71 bits per heavy atom. The fourth-order valence-corrected chi connectivity index (χ4v) is 2.96. The van der Waals surface area contributed by atoms with E-state index in [9.17, 15) is 0 Å². The number of anilines is 3. The summed E-state index contributed by atoms with van der Waals surface area (Å²) in [4.78, 5) is 0. The predicted octanol–water partition coefficient (Wildman–Crippen LogP) is 4.53. The monoisotopic (exact) mass is 394 g/mol. The molecule has 0 spiro atoms. The maximum absolute atomic E-state index is 6.04. The first-order chi connectivity index (χ1) is 13.7. The molecular weight excluding hydrogens is 376 g/mol. The summed E-state index contributed by atoms with van der Waals surface area (Å²) in [5, 5.41) is 20.2. The molecule has 0 bridgehead atoms. The molecule has 2 N–H and O–H groups in total. The average molecular weight is 395 g/mol. The lowest BCUT2D eigenvalue weighted by molar-refractivity contribution is 0.340. The van der Waals surface area contributed by atoms with Gasteiger partial charge in [0, 0.05) is 22.5 Å². The molecule has 0 saturated carbocycles. The van der Waals surface area contributed by atoms with E-state index in [1.54, 1.807) is 4.52 Å². The minimum atomic E-state index is 0.477. The zero-order chi connectivity index (χ0) is 19.3. The summed E-state index contributed by atoms with van der Waals surface area (Å²) in [6.45, 7) is 3.07. The molecule has 4 aromatic rings. The van der Waals surface area contributed by atoms with Crippen LogP contribution in [0.4, 0.5) is 17.2 Å². The molecule has 4 rings (SSSR count). The van der Waals surface area contributed by atoms with E-state index >= 15 is 0 Å². The maximum Gasteiger partial charge on any atom is 0.178 e. The molecule has 0 aliphatic carbocycles. The summed E-state index contributed by atoms with van der Waals surface area (Å²) in [7, 11) is 0. The Kier molecular flexibility index (Phi) is 5.25. The Balaban J connectivity index is 1.52. The van der Waals surface area contributed by atoms with Crippen molar-refractivity contribution in [2.24, 2.45) is 0 Å². The third-order valence-corrected chi connectivity index (χ3v) is 4.26. The molecule has 0 fully saturated rings. The van der Waals surface area contributed by atoms with Crippen molar-refractivity contribution in [1.82, 2.24) is 19.8 Å². The number of nitrogens with one attached hydrogen (secondary N) is 2. The van der Waals surface area contributed by atoms with Crippen LogP contribution in [-0.2, 0) is 6.54 Å². The average Bonchev–Trinajstić information content (AvgIpc) is 3.09. The number of nitrogens with zero attached hydrogens (tertiary/aromatic N) is 4. The summed E-state index contributed by atoms with van der Waals surface area (Å²) in [5.74, 6) is 2.20. The van der Waals surface area contributed by atoms with Gasteiger partial charge in [-0.2, -0.15) is 4.52 Å². The zero-order valence-electron chi connectivity index (χ0n) is 15.3. The third-order valence-electron chi connectivity index (χ3n) is 4.02. The molecule has 7 nitrogen and oxygen atoms in total. The Labute approximate surface area is 167 Å². The Morgan fingerprint density at radius 1 is 1.00 bits per heavy atom. The second kappa shape index (κ2) is 8.14. The van der Waals surface area contributed by atoms with E-state index in [1.165, 1.54) is 0 Å². The van der Waals surface area contributed by atoms with Crippen LogP contribution in [0, 0.1) is 0 Å². The lowest BCUT2D eigenvalue weighted by Crippen LogP contribution is -2.07. The molecule has 8 heteroatoms. The van der Waals surface area contributed by atoms with Gasteiger partial charge in [0.25, 0.3) is 0 Å². The van der Waals surface area contributed by atoms with Crippen LogP contribution in [-0.4, -0.2) is 26.4 Å². The summed E-state index contributed by atoms with van der Waals surface area (Å²) in [5.41, 5.74) is 2.48. The number of hydrogen-bond acceptors (Lipinski definition) is 6. The van der Waals surface area contributed by atoms with E-state index in [4.69, 9.17) is 16.3 Å². The maximum atomic E-state index is 6.04. The second-order valence-corrected chi connectivity index (χ2v) is 6.49. The van der Waals surface area contributed by atoms with Crippen molar-refractivity contribution in [3.8, 4) is 5.75 Å². The van der Waals surface area contributed by atoms with Crippen LogP contribution < -0.4 is 15.4 Å². The van der Waals surface area contributed by atoms with Crippen molar-refractivity contribution in [2.45, 2.75) is 13.5 Å². The first-order valence-electron chi connectivity index (χ1n) is 8.92. The van der Waals surface area contributed by atoms with Gasteiger partial charge in [0.15, 0.2) is 17.3 Å². The minimum Gasteiger partial charge on any atom is -0.494 e. The fourth-order valence-electron chi connectivity index (χ4n) is 2.77. The first-order valence-corrected chi connectivity index (χ1v) is 9.30. The van der Waals surface area contributed by atoms with Crippen molar-refractivity contribution in [1.29, 1.82) is 0 Å². The van der Waals surface area contributed by atoms with Crippen molar-refractivity contribution < 1.29 is 4.74 Å². The van der Waals surface area contributed by atoms with Gasteiger partial charge in [-0.1, -0.05) is 23.7 Å². The van der Waals surface area contributed by atoms with Gasteiger partial charge in [0.05, 0.1) is 13.2 Å². The minimum absolute atomic E-state index is 0.477. The molecule has 0 atom stereocenters. The number of aromatic nitrogens is 4. The Bertz CT molecular complexity index is 1100.